The highest BCUT2D eigenvalue weighted by molar-refractivity contribution is 5.76. The number of ether oxygens (including phenoxy) is 3. The van der Waals surface area contributed by atoms with E-state index in [1.54, 1.807) is 31.6 Å². The fraction of sp³-hybridized carbons (Fsp3) is 0.364. The van der Waals surface area contributed by atoms with Gasteiger partial charge >= 0.3 is 0 Å². The Balaban J connectivity index is 2.73. The third-order valence-electron chi connectivity index (χ3n) is 1.83. The maximum absolute atomic E-state index is 10.4. The SMILES string of the molecule is COCCOc1ccc([C]=O)cc1OC. The first-order valence-corrected chi connectivity index (χ1v) is 4.49. The second kappa shape index (κ2) is 6.03. The molecule has 0 amide bonds. The Labute approximate surface area is 88.8 Å². The van der Waals surface area contributed by atoms with Crippen LogP contribution in [-0.2, 0) is 9.53 Å². The van der Waals surface area contributed by atoms with Crippen LogP contribution in [0.25, 0.3) is 0 Å². The maximum Gasteiger partial charge on any atom is 0.233 e. The van der Waals surface area contributed by atoms with Crippen LogP contribution in [0.15, 0.2) is 18.2 Å². The van der Waals surface area contributed by atoms with Gasteiger partial charge in [-0.1, -0.05) is 0 Å². The normalized spacial score (nSPS) is 9.73. The topological polar surface area (TPSA) is 44.8 Å². The summed E-state index contributed by atoms with van der Waals surface area (Å²) in [5, 5.41) is 0. The number of hydrogen-bond acceptors (Lipinski definition) is 4. The van der Waals surface area contributed by atoms with Crippen LogP contribution in [0.4, 0.5) is 0 Å². The molecule has 81 valence electrons. The summed E-state index contributed by atoms with van der Waals surface area (Å²) >= 11 is 0. The Bertz CT molecular complexity index is 322. The van der Waals surface area contributed by atoms with Crippen LogP contribution in [0, 0.1) is 0 Å². The lowest BCUT2D eigenvalue weighted by molar-refractivity contribution is 0.144. The van der Waals surface area contributed by atoms with Crippen molar-refractivity contribution in [2.24, 2.45) is 0 Å². The van der Waals surface area contributed by atoms with E-state index in [0.717, 1.165) is 0 Å². The van der Waals surface area contributed by atoms with Gasteiger partial charge in [0, 0.05) is 12.7 Å². The summed E-state index contributed by atoms with van der Waals surface area (Å²) < 4.78 is 15.3. The lowest BCUT2D eigenvalue weighted by Crippen LogP contribution is -2.05. The molecule has 1 radical (unpaired) electrons. The molecule has 0 atom stereocenters. The zero-order valence-corrected chi connectivity index (χ0v) is 8.78. The Kier molecular flexibility index (Phi) is 4.63. The van der Waals surface area contributed by atoms with Crippen molar-refractivity contribution in [3.63, 3.8) is 0 Å². The number of methoxy groups -OCH3 is 2. The van der Waals surface area contributed by atoms with Gasteiger partial charge in [-0.2, -0.15) is 0 Å². The standard InChI is InChI=1S/C11H13O4/c1-13-5-6-15-10-4-3-9(8-12)7-11(10)14-2/h3-4,7H,5-6H2,1-2H3. The molecule has 0 bridgehead atoms. The van der Waals surface area contributed by atoms with E-state index < -0.39 is 0 Å². The highest BCUT2D eigenvalue weighted by atomic mass is 16.5. The first-order chi connectivity index (χ1) is 7.31. The first kappa shape index (κ1) is 11.5. The van der Waals surface area contributed by atoms with E-state index >= 15 is 0 Å². The molecule has 0 N–H and O–H groups in total. The van der Waals surface area contributed by atoms with Gasteiger partial charge in [-0.25, -0.2) is 0 Å². The second-order valence-electron chi connectivity index (χ2n) is 2.81. The largest absolute Gasteiger partial charge is 0.493 e. The van der Waals surface area contributed by atoms with Gasteiger partial charge < -0.3 is 14.2 Å². The van der Waals surface area contributed by atoms with Crippen molar-refractivity contribution in [2.45, 2.75) is 0 Å². The average Bonchev–Trinajstić information content (AvgIpc) is 2.29. The molecule has 1 aromatic rings. The summed E-state index contributed by atoms with van der Waals surface area (Å²) in [6, 6.07) is 4.88. The van der Waals surface area contributed by atoms with Gasteiger partial charge in [-0.15, -0.1) is 0 Å². The molecule has 0 saturated heterocycles. The van der Waals surface area contributed by atoms with Crippen LogP contribution >= 0.6 is 0 Å². The molecule has 0 aliphatic carbocycles. The molecule has 0 saturated carbocycles. The molecule has 0 heterocycles. The highest BCUT2D eigenvalue weighted by Crippen LogP contribution is 2.27. The van der Waals surface area contributed by atoms with Crippen LogP contribution in [-0.4, -0.2) is 33.7 Å². The van der Waals surface area contributed by atoms with E-state index in [1.165, 1.54) is 7.11 Å². The van der Waals surface area contributed by atoms with Gasteiger partial charge in [0.25, 0.3) is 0 Å². The smallest absolute Gasteiger partial charge is 0.233 e. The third-order valence-corrected chi connectivity index (χ3v) is 1.83. The Morgan fingerprint density at radius 1 is 1.20 bits per heavy atom. The van der Waals surface area contributed by atoms with Crippen molar-refractivity contribution in [2.75, 3.05) is 27.4 Å². The Hall–Kier alpha value is -1.55. The van der Waals surface area contributed by atoms with Crippen LogP contribution in [0.3, 0.4) is 0 Å². The van der Waals surface area contributed by atoms with Crippen LogP contribution in [0.2, 0.25) is 0 Å². The van der Waals surface area contributed by atoms with Crippen molar-refractivity contribution >= 4 is 6.29 Å². The van der Waals surface area contributed by atoms with Gasteiger partial charge in [-0.05, 0) is 18.2 Å². The van der Waals surface area contributed by atoms with Gasteiger partial charge in [0.15, 0.2) is 11.5 Å². The number of carbonyl (C=O) groups excluding carboxylic acids is 1. The number of hydrogen-bond donors (Lipinski definition) is 0. The Morgan fingerprint density at radius 2 is 2.00 bits per heavy atom. The molecule has 1 rings (SSSR count). The zero-order chi connectivity index (χ0) is 11.1. The predicted octanol–water partition coefficient (Wildman–Crippen LogP) is 1.18. The quantitative estimate of drug-likeness (QED) is 0.660. The second-order valence-corrected chi connectivity index (χ2v) is 2.81. The van der Waals surface area contributed by atoms with E-state index in [0.29, 0.717) is 30.3 Å². The zero-order valence-electron chi connectivity index (χ0n) is 8.78. The van der Waals surface area contributed by atoms with Crippen LogP contribution in [0.1, 0.15) is 5.56 Å². The summed E-state index contributed by atoms with van der Waals surface area (Å²) in [6.45, 7) is 0.946. The first-order valence-electron chi connectivity index (χ1n) is 4.49. The van der Waals surface area contributed by atoms with E-state index in [9.17, 15) is 4.79 Å². The molecule has 15 heavy (non-hydrogen) atoms. The summed E-state index contributed by atoms with van der Waals surface area (Å²) in [4.78, 5) is 10.4. The molecule has 0 spiro atoms. The van der Waals surface area contributed by atoms with Gasteiger partial charge in [0.1, 0.15) is 6.61 Å². The van der Waals surface area contributed by atoms with Crippen molar-refractivity contribution < 1.29 is 19.0 Å². The molecule has 4 nitrogen and oxygen atoms in total. The van der Waals surface area contributed by atoms with Crippen molar-refractivity contribution in [1.82, 2.24) is 0 Å². The molecule has 0 aromatic heterocycles. The van der Waals surface area contributed by atoms with Crippen molar-refractivity contribution in [1.29, 1.82) is 0 Å². The summed E-state index contributed by atoms with van der Waals surface area (Å²) in [5.74, 6) is 1.11. The predicted molar refractivity (Wildman–Crippen MR) is 55.2 cm³/mol. The minimum absolute atomic E-state index is 0.436. The molecule has 4 heteroatoms. The maximum atomic E-state index is 10.4. The van der Waals surface area contributed by atoms with Crippen LogP contribution < -0.4 is 9.47 Å². The van der Waals surface area contributed by atoms with Gasteiger partial charge in [0.2, 0.25) is 6.29 Å². The molecule has 0 fully saturated rings. The van der Waals surface area contributed by atoms with E-state index in [2.05, 4.69) is 0 Å². The minimum Gasteiger partial charge on any atom is -0.493 e. The summed E-state index contributed by atoms with van der Waals surface area (Å²) in [5.41, 5.74) is 0.436. The monoisotopic (exact) mass is 209 g/mol. The Morgan fingerprint density at radius 3 is 2.60 bits per heavy atom. The molecule has 1 aromatic carbocycles. The number of benzene rings is 1. The van der Waals surface area contributed by atoms with Crippen molar-refractivity contribution in [3.05, 3.63) is 23.8 Å². The summed E-state index contributed by atoms with van der Waals surface area (Å²) in [6.07, 6.45) is 1.79. The molecular weight excluding hydrogens is 196 g/mol. The van der Waals surface area contributed by atoms with Crippen LogP contribution in [0.5, 0.6) is 11.5 Å². The number of rotatable bonds is 6. The summed E-state index contributed by atoms with van der Waals surface area (Å²) in [7, 11) is 3.12. The average molecular weight is 209 g/mol. The molecule has 0 unspecified atom stereocenters. The van der Waals surface area contributed by atoms with Crippen molar-refractivity contribution in [3.8, 4) is 11.5 Å². The van der Waals surface area contributed by atoms with E-state index in [1.807, 2.05) is 0 Å². The minimum atomic E-state index is 0.436. The van der Waals surface area contributed by atoms with E-state index in [4.69, 9.17) is 14.2 Å². The fourth-order valence-corrected chi connectivity index (χ4v) is 1.09. The third kappa shape index (κ3) is 3.25. The molecular formula is C11H13O4. The molecule has 0 aliphatic rings. The van der Waals surface area contributed by atoms with E-state index in [-0.39, 0.29) is 0 Å². The molecule has 0 aliphatic heterocycles. The highest BCUT2D eigenvalue weighted by Gasteiger charge is 2.05. The fourth-order valence-electron chi connectivity index (χ4n) is 1.09. The lowest BCUT2D eigenvalue weighted by atomic mass is 10.2. The lowest BCUT2D eigenvalue weighted by Gasteiger charge is -2.10. The van der Waals surface area contributed by atoms with Gasteiger partial charge in [-0.3, -0.25) is 4.79 Å². The van der Waals surface area contributed by atoms with Gasteiger partial charge in [0.05, 0.1) is 13.7 Å².